The predicted octanol–water partition coefficient (Wildman–Crippen LogP) is 4.40. The number of hydrogen-bond acceptors (Lipinski definition) is 4. The highest BCUT2D eigenvalue weighted by atomic mass is 19.1. The SMILES string of the molecule is COC(=O)c1ccc(N[C@H](C(=O)Nc2ccc(F)cc2)c2ccccc2)cc1. The fraction of sp³-hybridized carbons (Fsp3) is 0.0909. The van der Waals surface area contributed by atoms with Crippen LogP contribution in [-0.2, 0) is 9.53 Å². The maximum absolute atomic E-state index is 13.1. The average molecular weight is 378 g/mol. The Morgan fingerprint density at radius 1 is 0.857 bits per heavy atom. The van der Waals surface area contributed by atoms with Gasteiger partial charge in [0.05, 0.1) is 12.7 Å². The van der Waals surface area contributed by atoms with Crippen molar-refractivity contribution < 1.29 is 18.7 Å². The molecule has 0 aliphatic heterocycles. The molecule has 3 aromatic carbocycles. The van der Waals surface area contributed by atoms with Gasteiger partial charge in [0, 0.05) is 11.4 Å². The van der Waals surface area contributed by atoms with Gasteiger partial charge >= 0.3 is 5.97 Å². The molecule has 0 fully saturated rings. The first-order chi connectivity index (χ1) is 13.6. The summed E-state index contributed by atoms with van der Waals surface area (Å²) >= 11 is 0. The minimum Gasteiger partial charge on any atom is -0.465 e. The second-order valence-electron chi connectivity index (χ2n) is 6.05. The third kappa shape index (κ3) is 4.73. The van der Waals surface area contributed by atoms with E-state index in [-0.39, 0.29) is 11.7 Å². The molecule has 0 aliphatic carbocycles. The number of carbonyl (C=O) groups is 2. The van der Waals surface area contributed by atoms with Crippen molar-refractivity contribution in [1.29, 1.82) is 0 Å². The molecule has 6 heteroatoms. The molecule has 2 N–H and O–H groups in total. The van der Waals surface area contributed by atoms with Crippen molar-refractivity contribution >= 4 is 23.3 Å². The molecule has 28 heavy (non-hydrogen) atoms. The van der Waals surface area contributed by atoms with E-state index in [9.17, 15) is 14.0 Å². The van der Waals surface area contributed by atoms with E-state index in [0.717, 1.165) is 5.56 Å². The number of nitrogens with one attached hydrogen (secondary N) is 2. The Morgan fingerprint density at radius 2 is 1.46 bits per heavy atom. The number of benzene rings is 3. The van der Waals surface area contributed by atoms with Crippen molar-refractivity contribution in [1.82, 2.24) is 0 Å². The highest BCUT2D eigenvalue weighted by molar-refractivity contribution is 5.97. The van der Waals surface area contributed by atoms with Gasteiger partial charge in [0.25, 0.3) is 5.91 Å². The lowest BCUT2D eigenvalue weighted by atomic mass is 10.1. The maximum atomic E-state index is 13.1. The van der Waals surface area contributed by atoms with Crippen LogP contribution in [0.5, 0.6) is 0 Å². The molecule has 1 atom stereocenters. The van der Waals surface area contributed by atoms with Crippen LogP contribution in [0.3, 0.4) is 0 Å². The standard InChI is InChI=1S/C22H19FN2O3/c1-28-22(27)16-7-11-18(12-8-16)24-20(15-5-3-2-4-6-15)21(26)25-19-13-9-17(23)10-14-19/h2-14,20,24H,1H3,(H,25,26)/t20-/m0/s1. The van der Waals surface area contributed by atoms with Gasteiger partial charge in [0.15, 0.2) is 0 Å². The van der Waals surface area contributed by atoms with Crippen LogP contribution in [-0.4, -0.2) is 19.0 Å². The second kappa shape index (κ2) is 8.81. The molecule has 0 saturated heterocycles. The van der Waals surface area contributed by atoms with Gasteiger partial charge in [-0.15, -0.1) is 0 Å². The fourth-order valence-electron chi connectivity index (χ4n) is 2.68. The number of rotatable bonds is 6. The van der Waals surface area contributed by atoms with Crippen molar-refractivity contribution in [2.24, 2.45) is 0 Å². The van der Waals surface area contributed by atoms with E-state index >= 15 is 0 Å². The Kier molecular flexibility index (Phi) is 6.01. The molecule has 0 unspecified atom stereocenters. The van der Waals surface area contributed by atoms with E-state index < -0.39 is 12.0 Å². The van der Waals surface area contributed by atoms with Gasteiger partial charge in [0.2, 0.25) is 0 Å². The molecular formula is C22H19FN2O3. The monoisotopic (exact) mass is 378 g/mol. The zero-order chi connectivity index (χ0) is 19.9. The van der Waals surface area contributed by atoms with E-state index in [1.807, 2.05) is 30.3 Å². The number of ether oxygens (including phenoxy) is 1. The summed E-state index contributed by atoms with van der Waals surface area (Å²) in [6.07, 6.45) is 0. The molecule has 3 aromatic rings. The maximum Gasteiger partial charge on any atom is 0.337 e. The van der Waals surface area contributed by atoms with Gasteiger partial charge in [-0.05, 0) is 54.1 Å². The van der Waals surface area contributed by atoms with E-state index in [1.165, 1.54) is 31.4 Å². The van der Waals surface area contributed by atoms with Gasteiger partial charge < -0.3 is 15.4 Å². The molecule has 0 aromatic heterocycles. The van der Waals surface area contributed by atoms with Crippen molar-refractivity contribution in [3.63, 3.8) is 0 Å². The molecule has 1 amide bonds. The van der Waals surface area contributed by atoms with Crippen LogP contribution < -0.4 is 10.6 Å². The van der Waals surface area contributed by atoms with Gasteiger partial charge in [-0.25, -0.2) is 9.18 Å². The molecule has 0 spiro atoms. The predicted molar refractivity (Wildman–Crippen MR) is 106 cm³/mol. The van der Waals surface area contributed by atoms with Crippen LogP contribution in [0.1, 0.15) is 22.0 Å². The Balaban J connectivity index is 1.82. The third-order valence-corrected chi connectivity index (χ3v) is 4.12. The van der Waals surface area contributed by atoms with Gasteiger partial charge in [-0.3, -0.25) is 4.79 Å². The van der Waals surface area contributed by atoms with Gasteiger partial charge in [-0.2, -0.15) is 0 Å². The second-order valence-corrected chi connectivity index (χ2v) is 6.05. The quantitative estimate of drug-likeness (QED) is 0.624. The van der Waals surface area contributed by atoms with E-state index in [0.29, 0.717) is 16.9 Å². The molecular weight excluding hydrogens is 359 g/mol. The summed E-state index contributed by atoms with van der Waals surface area (Å²) in [6.45, 7) is 0. The summed E-state index contributed by atoms with van der Waals surface area (Å²) in [6, 6.07) is 20.8. The highest BCUT2D eigenvalue weighted by Gasteiger charge is 2.21. The van der Waals surface area contributed by atoms with Crippen LogP contribution >= 0.6 is 0 Å². The summed E-state index contributed by atoms with van der Waals surface area (Å²) in [5.74, 6) is -1.10. The minimum absolute atomic E-state index is 0.296. The lowest BCUT2D eigenvalue weighted by Crippen LogP contribution is -2.27. The first kappa shape index (κ1) is 19.1. The molecule has 3 rings (SSSR count). The van der Waals surface area contributed by atoms with Crippen molar-refractivity contribution in [2.75, 3.05) is 17.7 Å². The minimum atomic E-state index is -0.685. The van der Waals surface area contributed by atoms with Crippen LogP contribution in [0.15, 0.2) is 78.9 Å². The van der Waals surface area contributed by atoms with E-state index in [1.54, 1.807) is 24.3 Å². The van der Waals surface area contributed by atoms with Gasteiger partial charge in [0.1, 0.15) is 11.9 Å². The highest BCUT2D eigenvalue weighted by Crippen LogP contribution is 2.22. The molecule has 0 aliphatic rings. The third-order valence-electron chi connectivity index (χ3n) is 4.12. The van der Waals surface area contributed by atoms with Crippen LogP contribution in [0.25, 0.3) is 0 Å². The first-order valence-corrected chi connectivity index (χ1v) is 8.63. The number of methoxy groups -OCH3 is 1. The number of halogens is 1. The fourth-order valence-corrected chi connectivity index (χ4v) is 2.68. The van der Waals surface area contributed by atoms with E-state index in [4.69, 9.17) is 0 Å². The Labute approximate surface area is 162 Å². The molecule has 0 saturated carbocycles. The zero-order valence-corrected chi connectivity index (χ0v) is 15.2. The van der Waals surface area contributed by atoms with E-state index in [2.05, 4.69) is 15.4 Å². The zero-order valence-electron chi connectivity index (χ0n) is 15.2. The molecule has 0 radical (unpaired) electrons. The number of anilines is 2. The first-order valence-electron chi connectivity index (χ1n) is 8.63. The number of carbonyl (C=O) groups excluding carboxylic acids is 2. The van der Waals surface area contributed by atoms with Crippen molar-refractivity contribution in [3.8, 4) is 0 Å². The Morgan fingerprint density at radius 3 is 2.07 bits per heavy atom. The lowest BCUT2D eigenvalue weighted by Gasteiger charge is -2.20. The molecule has 0 heterocycles. The smallest absolute Gasteiger partial charge is 0.337 e. The topological polar surface area (TPSA) is 67.4 Å². The average Bonchev–Trinajstić information content (AvgIpc) is 2.74. The normalized spacial score (nSPS) is 11.4. The summed E-state index contributed by atoms with van der Waals surface area (Å²) < 4.78 is 17.8. The Hall–Kier alpha value is -3.67. The molecule has 5 nitrogen and oxygen atoms in total. The summed E-state index contributed by atoms with van der Waals surface area (Å²) in [5, 5.41) is 5.96. The Bertz CT molecular complexity index is 942. The number of hydrogen-bond donors (Lipinski definition) is 2. The molecule has 142 valence electrons. The summed E-state index contributed by atoms with van der Waals surface area (Å²) in [4.78, 5) is 24.5. The number of amides is 1. The number of esters is 1. The molecule has 0 bridgehead atoms. The lowest BCUT2D eigenvalue weighted by molar-refractivity contribution is -0.117. The van der Waals surface area contributed by atoms with Crippen LogP contribution in [0.4, 0.5) is 15.8 Å². The summed E-state index contributed by atoms with van der Waals surface area (Å²) in [7, 11) is 1.32. The van der Waals surface area contributed by atoms with Crippen molar-refractivity contribution in [3.05, 3.63) is 95.8 Å². The van der Waals surface area contributed by atoms with Crippen LogP contribution in [0.2, 0.25) is 0 Å². The summed E-state index contributed by atoms with van der Waals surface area (Å²) in [5.41, 5.74) is 2.34. The van der Waals surface area contributed by atoms with Crippen LogP contribution in [0, 0.1) is 5.82 Å². The largest absolute Gasteiger partial charge is 0.465 e. The van der Waals surface area contributed by atoms with Gasteiger partial charge in [-0.1, -0.05) is 30.3 Å². The van der Waals surface area contributed by atoms with Crippen molar-refractivity contribution in [2.45, 2.75) is 6.04 Å².